The molecule has 0 aromatic rings. The first-order chi connectivity index (χ1) is 12.1. The van der Waals surface area contributed by atoms with Crippen molar-refractivity contribution >= 4 is 8.80 Å². The average molecular weight is 377 g/mol. The van der Waals surface area contributed by atoms with E-state index in [-0.39, 0.29) is 17.9 Å². The molecule has 0 spiro atoms. The summed E-state index contributed by atoms with van der Waals surface area (Å²) in [5.74, 6) is 0. The van der Waals surface area contributed by atoms with E-state index in [0.717, 1.165) is 51.6 Å². The smallest absolute Gasteiger partial charge is 0.372 e. The van der Waals surface area contributed by atoms with Crippen LogP contribution in [0.5, 0.6) is 0 Å². The number of hydrogen-bond donors (Lipinski definition) is 0. The zero-order valence-corrected chi connectivity index (χ0v) is 18.1. The molecule has 0 aromatic carbocycles. The summed E-state index contributed by atoms with van der Waals surface area (Å²) < 4.78 is 30.7. The van der Waals surface area contributed by atoms with Crippen LogP contribution in [0.2, 0.25) is 0 Å². The van der Waals surface area contributed by atoms with Crippen molar-refractivity contribution in [2.75, 3.05) is 26.4 Å². The molecule has 0 saturated carbocycles. The average Bonchev–Trinajstić information content (AvgIpc) is 3.40. The Hall–Kier alpha value is 0.0169. The molecule has 1 saturated heterocycles. The Morgan fingerprint density at radius 1 is 1.00 bits per heavy atom. The molecule has 1 rings (SSSR count). The Bertz CT molecular complexity index is 315. The fourth-order valence-electron chi connectivity index (χ4n) is 2.69. The Kier molecular flexibility index (Phi) is 12.2. The minimum absolute atomic E-state index is 0.120. The Labute approximate surface area is 156 Å². The molecular formula is C19H40O5Si. The van der Waals surface area contributed by atoms with Gasteiger partial charge in [0.1, 0.15) is 11.8 Å². The molecule has 150 valence electrons. The highest BCUT2D eigenvalue weighted by molar-refractivity contribution is 6.62. The monoisotopic (exact) mass is 376 g/mol. The number of hydrogen-bond acceptors (Lipinski definition) is 5. The second kappa shape index (κ2) is 13.2. The lowest BCUT2D eigenvalue weighted by atomic mass is 10.2. The summed E-state index contributed by atoms with van der Waals surface area (Å²) in [6.07, 6.45) is 7.49. The SMILES string of the molecule is CCCCO[Si](OCCCC)(OC(C)CCC)C(CC)OCC1CO1. The fraction of sp³-hybridized carbons (Fsp3) is 1.00. The maximum absolute atomic E-state index is 6.51. The first-order valence-corrected chi connectivity index (χ1v) is 12.1. The van der Waals surface area contributed by atoms with Gasteiger partial charge in [0.25, 0.3) is 0 Å². The van der Waals surface area contributed by atoms with Gasteiger partial charge in [-0.25, -0.2) is 0 Å². The van der Waals surface area contributed by atoms with Gasteiger partial charge in [0.15, 0.2) is 0 Å². The van der Waals surface area contributed by atoms with Crippen molar-refractivity contribution in [2.24, 2.45) is 0 Å². The second-order valence-electron chi connectivity index (χ2n) is 6.91. The zero-order valence-electron chi connectivity index (χ0n) is 17.1. The van der Waals surface area contributed by atoms with Crippen molar-refractivity contribution < 1.29 is 22.8 Å². The van der Waals surface area contributed by atoms with Gasteiger partial charge in [0.2, 0.25) is 0 Å². The number of rotatable bonds is 17. The molecular weight excluding hydrogens is 336 g/mol. The van der Waals surface area contributed by atoms with E-state index in [9.17, 15) is 0 Å². The second-order valence-corrected chi connectivity index (χ2v) is 9.57. The minimum atomic E-state index is -2.92. The quantitative estimate of drug-likeness (QED) is 0.212. The lowest BCUT2D eigenvalue weighted by Crippen LogP contribution is -2.59. The number of unbranched alkanes of at least 4 members (excludes halogenated alkanes) is 2. The first kappa shape index (κ1) is 23.1. The van der Waals surface area contributed by atoms with Crippen molar-refractivity contribution in [3.05, 3.63) is 0 Å². The molecule has 0 aromatic heterocycles. The third kappa shape index (κ3) is 8.97. The topological polar surface area (TPSA) is 49.5 Å². The normalized spacial score (nSPS) is 19.8. The highest BCUT2D eigenvalue weighted by Gasteiger charge is 2.51. The predicted octanol–water partition coefficient (Wildman–Crippen LogP) is 4.50. The number of ether oxygens (including phenoxy) is 2. The Morgan fingerprint density at radius 3 is 2.04 bits per heavy atom. The van der Waals surface area contributed by atoms with Crippen LogP contribution in [-0.2, 0) is 22.8 Å². The van der Waals surface area contributed by atoms with E-state index in [4.69, 9.17) is 22.8 Å². The first-order valence-electron chi connectivity index (χ1n) is 10.3. The minimum Gasteiger partial charge on any atom is -0.372 e. The van der Waals surface area contributed by atoms with Gasteiger partial charge in [-0.1, -0.05) is 47.0 Å². The molecule has 5 nitrogen and oxygen atoms in total. The van der Waals surface area contributed by atoms with Gasteiger partial charge in [-0.15, -0.1) is 0 Å². The molecule has 0 amide bonds. The zero-order chi connectivity index (χ0) is 18.5. The van der Waals surface area contributed by atoms with Crippen LogP contribution in [0.3, 0.4) is 0 Å². The summed E-state index contributed by atoms with van der Waals surface area (Å²) in [4.78, 5) is 0. The summed E-state index contributed by atoms with van der Waals surface area (Å²) in [7, 11) is -2.92. The summed E-state index contributed by atoms with van der Waals surface area (Å²) in [5.41, 5.74) is -0.121. The van der Waals surface area contributed by atoms with Crippen LogP contribution in [0.4, 0.5) is 0 Å². The lowest BCUT2D eigenvalue weighted by molar-refractivity contribution is -0.0361. The van der Waals surface area contributed by atoms with Crippen LogP contribution < -0.4 is 0 Å². The highest BCUT2D eigenvalue weighted by Crippen LogP contribution is 2.26. The van der Waals surface area contributed by atoms with Crippen LogP contribution in [0, 0.1) is 0 Å². The van der Waals surface area contributed by atoms with Gasteiger partial charge >= 0.3 is 8.80 Å². The molecule has 0 radical (unpaired) electrons. The van der Waals surface area contributed by atoms with Crippen molar-refractivity contribution in [1.29, 1.82) is 0 Å². The Morgan fingerprint density at radius 2 is 1.60 bits per heavy atom. The lowest BCUT2D eigenvalue weighted by Gasteiger charge is -2.37. The molecule has 0 N–H and O–H groups in total. The van der Waals surface area contributed by atoms with Crippen molar-refractivity contribution in [3.63, 3.8) is 0 Å². The van der Waals surface area contributed by atoms with E-state index in [1.54, 1.807) is 0 Å². The van der Waals surface area contributed by atoms with Gasteiger partial charge in [-0.2, -0.15) is 0 Å². The van der Waals surface area contributed by atoms with Gasteiger partial charge in [-0.3, -0.25) is 0 Å². The van der Waals surface area contributed by atoms with Gasteiger partial charge in [0.05, 0.1) is 13.2 Å². The molecule has 0 bridgehead atoms. The van der Waals surface area contributed by atoms with E-state index in [0.29, 0.717) is 19.8 Å². The third-order valence-electron chi connectivity index (χ3n) is 4.31. The molecule has 1 aliphatic rings. The molecule has 0 aliphatic carbocycles. The molecule has 3 unspecified atom stereocenters. The summed E-state index contributed by atoms with van der Waals surface area (Å²) in [6, 6.07) is 0. The van der Waals surface area contributed by atoms with Crippen LogP contribution in [-0.4, -0.2) is 53.2 Å². The van der Waals surface area contributed by atoms with Crippen LogP contribution in [0.25, 0.3) is 0 Å². The van der Waals surface area contributed by atoms with Crippen LogP contribution >= 0.6 is 0 Å². The van der Waals surface area contributed by atoms with E-state index in [2.05, 4.69) is 34.6 Å². The standard InChI is InChI=1S/C19H40O5Si/c1-6-10-13-22-25(23-14-11-7-2,24-17(5)12-8-3)19(9-4)21-16-18-15-20-18/h17-19H,6-16H2,1-5H3. The van der Waals surface area contributed by atoms with Gasteiger partial charge in [0, 0.05) is 19.3 Å². The van der Waals surface area contributed by atoms with Crippen LogP contribution in [0.15, 0.2) is 0 Å². The van der Waals surface area contributed by atoms with Crippen molar-refractivity contribution in [1.82, 2.24) is 0 Å². The molecule has 6 heteroatoms. The number of epoxide rings is 1. The molecule has 1 heterocycles. The molecule has 1 aliphatic heterocycles. The van der Waals surface area contributed by atoms with Crippen molar-refractivity contribution in [2.45, 2.75) is 97.5 Å². The molecule has 3 atom stereocenters. The molecule has 25 heavy (non-hydrogen) atoms. The predicted molar refractivity (Wildman–Crippen MR) is 103 cm³/mol. The molecule has 1 fully saturated rings. The maximum atomic E-state index is 6.51. The third-order valence-corrected chi connectivity index (χ3v) is 7.62. The van der Waals surface area contributed by atoms with E-state index < -0.39 is 8.80 Å². The summed E-state index contributed by atoms with van der Waals surface area (Å²) in [6.45, 7) is 13.5. The van der Waals surface area contributed by atoms with Crippen LogP contribution in [0.1, 0.15) is 79.6 Å². The summed E-state index contributed by atoms with van der Waals surface area (Å²) in [5, 5.41) is 0. The Balaban J connectivity index is 2.86. The van der Waals surface area contributed by atoms with E-state index in [1.807, 2.05) is 0 Å². The van der Waals surface area contributed by atoms with E-state index >= 15 is 0 Å². The van der Waals surface area contributed by atoms with Crippen molar-refractivity contribution in [3.8, 4) is 0 Å². The maximum Gasteiger partial charge on any atom is 0.531 e. The largest absolute Gasteiger partial charge is 0.531 e. The highest BCUT2D eigenvalue weighted by atomic mass is 28.4. The van der Waals surface area contributed by atoms with Gasteiger partial charge < -0.3 is 22.8 Å². The van der Waals surface area contributed by atoms with E-state index in [1.165, 1.54) is 0 Å². The van der Waals surface area contributed by atoms with Gasteiger partial charge in [-0.05, 0) is 32.6 Å². The summed E-state index contributed by atoms with van der Waals surface area (Å²) >= 11 is 0. The fourth-order valence-corrected chi connectivity index (χ4v) is 5.77.